The van der Waals surface area contributed by atoms with Crippen molar-refractivity contribution in [2.24, 2.45) is 0 Å². The number of hydrogen-bond acceptors (Lipinski definition) is 5. The molecule has 0 radical (unpaired) electrons. The first kappa shape index (κ1) is 19.5. The van der Waals surface area contributed by atoms with Gasteiger partial charge < -0.3 is 10.6 Å². The van der Waals surface area contributed by atoms with E-state index >= 15 is 0 Å². The minimum Gasteiger partial charge on any atom is -0.346 e. The Morgan fingerprint density at radius 1 is 1.22 bits per heavy atom. The van der Waals surface area contributed by atoms with Crippen LogP contribution >= 0.6 is 11.3 Å². The summed E-state index contributed by atoms with van der Waals surface area (Å²) in [4.78, 5) is 24.1. The van der Waals surface area contributed by atoms with Crippen molar-refractivity contribution in [1.82, 2.24) is 9.62 Å². The lowest BCUT2D eigenvalue weighted by Crippen LogP contribution is -2.45. The van der Waals surface area contributed by atoms with E-state index in [1.54, 1.807) is 35.7 Å². The van der Waals surface area contributed by atoms with E-state index in [4.69, 9.17) is 0 Å². The molecule has 1 aliphatic rings. The summed E-state index contributed by atoms with van der Waals surface area (Å²) >= 11 is 1.17. The summed E-state index contributed by atoms with van der Waals surface area (Å²) in [5, 5.41) is 6.81. The Labute approximate surface area is 162 Å². The highest BCUT2D eigenvalue weighted by atomic mass is 32.2. The lowest BCUT2D eigenvalue weighted by atomic mass is 10.2. The Balaban J connectivity index is 1.58. The number of sulfonamides is 1. The van der Waals surface area contributed by atoms with Crippen molar-refractivity contribution in [1.29, 1.82) is 0 Å². The monoisotopic (exact) mass is 407 g/mol. The zero-order valence-corrected chi connectivity index (χ0v) is 16.5. The summed E-state index contributed by atoms with van der Waals surface area (Å²) in [6, 6.07) is 10.0. The molecular formula is C18H21N3O4S2. The molecular weight excluding hydrogens is 386 g/mol. The van der Waals surface area contributed by atoms with Crippen molar-refractivity contribution in [2.45, 2.75) is 30.0 Å². The molecule has 1 aliphatic heterocycles. The van der Waals surface area contributed by atoms with Crippen LogP contribution in [0.1, 0.15) is 18.4 Å². The maximum Gasteiger partial charge on any atom is 0.313 e. The quantitative estimate of drug-likeness (QED) is 0.741. The van der Waals surface area contributed by atoms with Gasteiger partial charge in [0.05, 0.1) is 0 Å². The van der Waals surface area contributed by atoms with E-state index in [2.05, 4.69) is 10.6 Å². The van der Waals surface area contributed by atoms with Gasteiger partial charge in [-0.05, 0) is 48.9 Å². The Bertz CT molecular complexity index is 926. The maximum absolute atomic E-state index is 12.7. The number of carbonyl (C=O) groups is 2. The molecule has 1 saturated heterocycles. The van der Waals surface area contributed by atoms with Crippen molar-refractivity contribution >= 4 is 38.9 Å². The molecule has 1 aromatic heterocycles. The number of nitrogens with zero attached hydrogens (tertiary/aromatic N) is 1. The first-order valence-corrected chi connectivity index (χ1v) is 10.9. The van der Waals surface area contributed by atoms with Crippen LogP contribution in [0.4, 0.5) is 5.69 Å². The molecule has 1 aromatic carbocycles. The predicted octanol–water partition coefficient (Wildman–Crippen LogP) is 1.96. The van der Waals surface area contributed by atoms with Gasteiger partial charge in [0.25, 0.3) is 10.0 Å². The first-order chi connectivity index (χ1) is 12.9. The molecule has 0 saturated carbocycles. The lowest BCUT2D eigenvalue weighted by molar-refractivity contribution is -0.136. The van der Waals surface area contributed by atoms with Crippen LogP contribution in [-0.2, 0) is 19.6 Å². The number of anilines is 1. The van der Waals surface area contributed by atoms with E-state index in [0.29, 0.717) is 18.7 Å². The molecule has 3 rings (SSSR count). The second kappa shape index (κ2) is 8.20. The molecule has 2 N–H and O–H groups in total. The van der Waals surface area contributed by atoms with E-state index in [-0.39, 0.29) is 16.8 Å². The SMILES string of the molecule is Cc1cccc(NC(=O)C(=O)NC[C@H]2CCCN2S(=O)(=O)c2cccs2)c1. The van der Waals surface area contributed by atoms with Crippen molar-refractivity contribution in [3.05, 3.63) is 47.3 Å². The van der Waals surface area contributed by atoms with Gasteiger partial charge in [0, 0.05) is 24.8 Å². The molecule has 7 nitrogen and oxygen atoms in total. The number of thiophene rings is 1. The Kier molecular flexibility index (Phi) is 5.93. The lowest BCUT2D eigenvalue weighted by Gasteiger charge is -2.23. The summed E-state index contributed by atoms with van der Waals surface area (Å²) < 4.78 is 27.1. The van der Waals surface area contributed by atoms with Gasteiger partial charge in [-0.3, -0.25) is 9.59 Å². The molecule has 144 valence electrons. The van der Waals surface area contributed by atoms with Crippen molar-refractivity contribution < 1.29 is 18.0 Å². The minimum atomic E-state index is -3.57. The number of benzene rings is 1. The second-order valence-corrected chi connectivity index (χ2v) is 9.44. The largest absolute Gasteiger partial charge is 0.346 e. The number of rotatable bonds is 5. The first-order valence-electron chi connectivity index (χ1n) is 8.59. The zero-order chi connectivity index (χ0) is 19.4. The topological polar surface area (TPSA) is 95.6 Å². The van der Waals surface area contributed by atoms with Gasteiger partial charge in [-0.15, -0.1) is 11.3 Å². The van der Waals surface area contributed by atoms with E-state index in [9.17, 15) is 18.0 Å². The van der Waals surface area contributed by atoms with Gasteiger partial charge in [0.1, 0.15) is 4.21 Å². The number of carbonyl (C=O) groups excluding carboxylic acids is 2. The van der Waals surface area contributed by atoms with Gasteiger partial charge in [0.2, 0.25) is 0 Å². The summed E-state index contributed by atoms with van der Waals surface area (Å²) in [6.45, 7) is 2.40. The van der Waals surface area contributed by atoms with Crippen molar-refractivity contribution in [2.75, 3.05) is 18.4 Å². The minimum absolute atomic E-state index is 0.102. The summed E-state index contributed by atoms with van der Waals surface area (Å²) in [5.74, 6) is -1.55. The van der Waals surface area contributed by atoms with Gasteiger partial charge in [-0.1, -0.05) is 18.2 Å². The van der Waals surface area contributed by atoms with Crippen molar-refractivity contribution in [3.63, 3.8) is 0 Å². The van der Waals surface area contributed by atoms with Crippen LogP contribution in [0.15, 0.2) is 46.0 Å². The van der Waals surface area contributed by atoms with Gasteiger partial charge in [-0.25, -0.2) is 8.42 Å². The third-order valence-electron chi connectivity index (χ3n) is 4.36. The zero-order valence-electron chi connectivity index (χ0n) is 14.8. The van der Waals surface area contributed by atoms with Crippen LogP contribution in [0.3, 0.4) is 0 Å². The fraction of sp³-hybridized carbons (Fsp3) is 0.333. The fourth-order valence-corrected chi connectivity index (χ4v) is 5.87. The molecule has 2 heterocycles. The Morgan fingerprint density at radius 2 is 2.04 bits per heavy atom. The van der Waals surface area contributed by atoms with Gasteiger partial charge in [-0.2, -0.15) is 4.31 Å². The molecule has 0 bridgehead atoms. The molecule has 2 aromatic rings. The molecule has 0 aliphatic carbocycles. The third-order valence-corrected chi connectivity index (χ3v) is 7.69. The normalized spacial score (nSPS) is 17.6. The van der Waals surface area contributed by atoms with E-state index in [1.165, 1.54) is 15.6 Å². The Morgan fingerprint density at radius 3 is 2.74 bits per heavy atom. The van der Waals surface area contributed by atoms with Crippen LogP contribution in [-0.4, -0.2) is 43.7 Å². The van der Waals surface area contributed by atoms with Crippen LogP contribution < -0.4 is 10.6 Å². The maximum atomic E-state index is 12.7. The molecule has 9 heteroatoms. The van der Waals surface area contributed by atoms with E-state index < -0.39 is 21.8 Å². The molecule has 0 spiro atoms. The van der Waals surface area contributed by atoms with Gasteiger partial charge in [0.15, 0.2) is 0 Å². The molecule has 0 unspecified atom stereocenters. The summed E-state index contributed by atoms with van der Waals surface area (Å²) in [7, 11) is -3.57. The summed E-state index contributed by atoms with van der Waals surface area (Å²) in [5.41, 5.74) is 1.51. The van der Waals surface area contributed by atoms with Crippen LogP contribution in [0.5, 0.6) is 0 Å². The fourth-order valence-electron chi connectivity index (χ4n) is 3.06. The number of hydrogen-bond donors (Lipinski definition) is 2. The number of aryl methyl sites for hydroxylation is 1. The molecule has 1 atom stereocenters. The van der Waals surface area contributed by atoms with Gasteiger partial charge >= 0.3 is 11.8 Å². The highest BCUT2D eigenvalue weighted by molar-refractivity contribution is 7.91. The van der Waals surface area contributed by atoms with Crippen LogP contribution in [0, 0.1) is 6.92 Å². The van der Waals surface area contributed by atoms with Crippen LogP contribution in [0.25, 0.3) is 0 Å². The predicted molar refractivity (Wildman–Crippen MR) is 104 cm³/mol. The highest BCUT2D eigenvalue weighted by Crippen LogP contribution is 2.28. The van der Waals surface area contributed by atoms with E-state index in [1.807, 2.05) is 13.0 Å². The van der Waals surface area contributed by atoms with Crippen molar-refractivity contribution in [3.8, 4) is 0 Å². The third kappa shape index (κ3) is 4.55. The molecule has 27 heavy (non-hydrogen) atoms. The van der Waals surface area contributed by atoms with Crippen LogP contribution in [0.2, 0.25) is 0 Å². The number of nitrogens with one attached hydrogen (secondary N) is 2. The Hall–Kier alpha value is -2.23. The molecule has 1 fully saturated rings. The average Bonchev–Trinajstić information content (AvgIpc) is 3.31. The molecule has 2 amide bonds. The average molecular weight is 408 g/mol. The second-order valence-electron chi connectivity index (χ2n) is 6.38. The van der Waals surface area contributed by atoms with E-state index in [0.717, 1.165) is 12.0 Å². The standard InChI is InChI=1S/C18H21N3O4S2/c1-13-5-2-6-14(11-13)20-18(23)17(22)19-12-15-7-3-9-21(15)27(24,25)16-8-4-10-26-16/h2,4-6,8,10-11,15H,3,7,9,12H2,1H3,(H,19,22)(H,20,23)/t15-/m1/s1. The smallest absolute Gasteiger partial charge is 0.313 e. The number of amides is 2. The summed E-state index contributed by atoms with van der Waals surface area (Å²) in [6.07, 6.45) is 1.37. The highest BCUT2D eigenvalue weighted by Gasteiger charge is 2.36.